The van der Waals surface area contributed by atoms with Crippen molar-refractivity contribution >= 4 is 17.0 Å². The first-order valence-corrected chi connectivity index (χ1v) is 5.93. The summed E-state index contributed by atoms with van der Waals surface area (Å²) in [5.74, 6) is 1.04. The fourth-order valence-corrected chi connectivity index (χ4v) is 1.74. The molecule has 1 unspecified atom stereocenters. The number of imidazole rings is 1. The average molecular weight is 233 g/mol. The lowest BCUT2D eigenvalue weighted by Gasteiger charge is -2.15. The molecule has 0 saturated heterocycles. The fourth-order valence-electron chi connectivity index (χ4n) is 1.74. The third-order valence-corrected chi connectivity index (χ3v) is 3.03. The first-order valence-electron chi connectivity index (χ1n) is 5.93. The summed E-state index contributed by atoms with van der Waals surface area (Å²) in [6, 6.07) is 7.99. The van der Waals surface area contributed by atoms with E-state index in [4.69, 9.17) is 0 Å². The van der Waals surface area contributed by atoms with E-state index in [9.17, 15) is 5.11 Å². The number of nitrogens with zero attached hydrogens (tertiary/aromatic N) is 2. The van der Waals surface area contributed by atoms with E-state index in [1.165, 1.54) is 0 Å². The topological polar surface area (TPSA) is 50.1 Å². The zero-order chi connectivity index (χ0) is 12.4. The molecule has 2 N–H and O–H groups in total. The summed E-state index contributed by atoms with van der Waals surface area (Å²) >= 11 is 0. The molecule has 0 amide bonds. The standard InChI is InChI=1S/C13H19N3O/c1-9(2)12(17)8-14-13-15-10-6-4-5-7-11(10)16(13)3/h4-7,9,12,17H,8H2,1-3H3,(H,14,15). The molecule has 0 fully saturated rings. The van der Waals surface area contributed by atoms with Crippen LogP contribution < -0.4 is 5.32 Å². The lowest BCUT2D eigenvalue weighted by Crippen LogP contribution is -2.25. The highest BCUT2D eigenvalue weighted by Crippen LogP contribution is 2.17. The predicted molar refractivity (Wildman–Crippen MR) is 70.0 cm³/mol. The summed E-state index contributed by atoms with van der Waals surface area (Å²) in [5.41, 5.74) is 2.06. The van der Waals surface area contributed by atoms with Gasteiger partial charge in [-0.15, -0.1) is 0 Å². The molecule has 4 nitrogen and oxygen atoms in total. The lowest BCUT2D eigenvalue weighted by molar-refractivity contribution is 0.137. The highest BCUT2D eigenvalue weighted by Gasteiger charge is 2.11. The molecule has 1 heterocycles. The zero-order valence-corrected chi connectivity index (χ0v) is 10.5. The minimum absolute atomic E-state index is 0.247. The molecule has 0 bridgehead atoms. The van der Waals surface area contributed by atoms with Gasteiger partial charge in [0, 0.05) is 13.6 Å². The third-order valence-electron chi connectivity index (χ3n) is 3.03. The Morgan fingerprint density at radius 1 is 1.35 bits per heavy atom. The summed E-state index contributed by atoms with van der Waals surface area (Å²) in [5, 5.41) is 12.9. The Kier molecular flexibility index (Phi) is 3.33. The molecule has 2 aromatic rings. The number of aliphatic hydroxyl groups excluding tert-OH is 1. The van der Waals surface area contributed by atoms with E-state index in [0.717, 1.165) is 17.0 Å². The second-order valence-corrected chi connectivity index (χ2v) is 4.68. The Bertz CT molecular complexity index is 504. The highest BCUT2D eigenvalue weighted by atomic mass is 16.3. The van der Waals surface area contributed by atoms with E-state index in [2.05, 4.69) is 10.3 Å². The van der Waals surface area contributed by atoms with Gasteiger partial charge in [-0.3, -0.25) is 0 Å². The van der Waals surface area contributed by atoms with Gasteiger partial charge in [0.25, 0.3) is 0 Å². The number of fused-ring (bicyclic) bond motifs is 1. The second-order valence-electron chi connectivity index (χ2n) is 4.68. The number of hydrogen-bond donors (Lipinski definition) is 2. The number of hydrogen-bond acceptors (Lipinski definition) is 3. The molecule has 0 aliphatic heterocycles. The minimum atomic E-state index is -0.352. The number of anilines is 1. The van der Waals surface area contributed by atoms with E-state index in [1.54, 1.807) is 0 Å². The van der Waals surface area contributed by atoms with E-state index in [-0.39, 0.29) is 12.0 Å². The number of aryl methyl sites for hydroxylation is 1. The molecule has 0 spiro atoms. The average Bonchev–Trinajstić information content (AvgIpc) is 2.64. The van der Waals surface area contributed by atoms with Crippen molar-refractivity contribution in [3.8, 4) is 0 Å². The lowest BCUT2D eigenvalue weighted by atomic mass is 10.1. The molecule has 92 valence electrons. The summed E-state index contributed by atoms with van der Waals surface area (Å²) in [6.07, 6.45) is -0.352. The molecule has 0 aliphatic rings. The van der Waals surface area contributed by atoms with Gasteiger partial charge in [-0.2, -0.15) is 0 Å². The van der Waals surface area contributed by atoms with Crippen molar-refractivity contribution in [2.45, 2.75) is 20.0 Å². The van der Waals surface area contributed by atoms with Gasteiger partial charge in [-0.1, -0.05) is 26.0 Å². The van der Waals surface area contributed by atoms with Crippen LogP contribution in [0.4, 0.5) is 5.95 Å². The van der Waals surface area contributed by atoms with Gasteiger partial charge >= 0.3 is 0 Å². The van der Waals surface area contributed by atoms with Crippen LogP contribution in [0.1, 0.15) is 13.8 Å². The maximum absolute atomic E-state index is 9.75. The first-order chi connectivity index (χ1) is 8.09. The number of aromatic nitrogens is 2. The van der Waals surface area contributed by atoms with Crippen LogP contribution in [0.5, 0.6) is 0 Å². The minimum Gasteiger partial charge on any atom is -0.391 e. The van der Waals surface area contributed by atoms with E-state index in [1.807, 2.05) is 49.7 Å². The Morgan fingerprint density at radius 3 is 2.71 bits per heavy atom. The molecule has 1 aromatic heterocycles. The van der Waals surface area contributed by atoms with Gasteiger partial charge in [0.05, 0.1) is 17.1 Å². The smallest absolute Gasteiger partial charge is 0.203 e. The van der Waals surface area contributed by atoms with Gasteiger partial charge in [0.1, 0.15) is 0 Å². The van der Waals surface area contributed by atoms with Crippen molar-refractivity contribution in [3.63, 3.8) is 0 Å². The summed E-state index contributed by atoms with van der Waals surface area (Å²) in [7, 11) is 1.97. The second kappa shape index (κ2) is 4.75. The first kappa shape index (κ1) is 11.9. The Morgan fingerprint density at radius 2 is 2.06 bits per heavy atom. The van der Waals surface area contributed by atoms with Crippen LogP contribution in [-0.2, 0) is 7.05 Å². The molecule has 0 radical (unpaired) electrons. The van der Waals surface area contributed by atoms with Crippen LogP contribution >= 0.6 is 0 Å². The maximum atomic E-state index is 9.75. The SMILES string of the molecule is CC(C)C(O)CNc1nc2ccccc2n1C. The maximum Gasteiger partial charge on any atom is 0.203 e. The number of aliphatic hydroxyl groups is 1. The molecular formula is C13H19N3O. The van der Waals surface area contributed by atoms with Gasteiger partial charge in [-0.05, 0) is 18.1 Å². The monoisotopic (exact) mass is 233 g/mol. The highest BCUT2D eigenvalue weighted by molar-refractivity contribution is 5.78. The van der Waals surface area contributed by atoms with Crippen molar-refractivity contribution in [2.75, 3.05) is 11.9 Å². The van der Waals surface area contributed by atoms with E-state index in [0.29, 0.717) is 6.54 Å². The predicted octanol–water partition coefficient (Wildman–Crippen LogP) is 2.00. The molecule has 2 rings (SSSR count). The van der Waals surface area contributed by atoms with E-state index >= 15 is 0 Å². The van der Waals surface area contributed by atoms with Gasteiger partial charge in [0.15, 0.2) is 0 Å². The number of benzene rings is 1. The van der Waals surface area contributed by atoms with Crippen molar-refractivity contribution in [2.24, 2.45) is 13.0 Å². The zero-order valence-electron chi connectivity index (χ0n) is 10.5. The quantitative estimate of drug-likeness (QED) is 0.849. The van der Waals surface area contributed by atoms with Crippen molar-refractivity contribution in [1.29, 1.82) is 0 Å². The summed E-state index contributed by atoms with van der Waals surface area (Å²) in [6.45, 7) is 4.53. The van der Waals surface area contributed by atoms with Crippen LogP contribution in [0, 0.1) is 5.92 Å². The Hall–Kier alpha value is -1.55. The van der Waals surface area contributed by atoms with Crippen LogP contribution in [0.2, 0.25) is 0 Å². The molecule has 0 saturated carbocycles. The Labute approximate surface area is 101 Å². The van der Waals surface area contributed by atoms with Gasteiger partial charge in [-0.25, -0.2) is 4.98 Å². The fraction of sp³-hybridized carbons (Fsp3) is 0.462. The molecular weight excluding hydrogens is 214 g/mol. The van der Waals surface area contributed by atoms with Gasteiger partial charge < -0.3 is 15.0 Å². The van der Waals surface area contributed by atoms with Crippen LogP contribution in [0.3, 0.4) is 0 Å². The van der Waals surface area contributed by atoms with Crippen LogP contribution in [0.15, 0.2) is 24.3 Å². The number of nitrogens with one attached hydrogen (secondary N) is 1. The van der Waals surface area contributed by atoms with Gasteiger partial charge in [0.2, 0.25) is 5.95 Å². The van der Waals surface area contributed by atoms with Crippen molar-refractivity contribution in [3.05, 3.63) is 24.3 Å². The molecule has 1 atom stereocenters. The van der Waals surface area contributed by atoms with E-state index < -0.39 is 0 Å². The summed E-state index contributed by atoms with van der Waals surface area (Å²) in [4.78, 5) is 4.48. The van der Waals surface area contributed by atoms with Crippen molar-refractivity contribution in [1.82, 2.24) is 9.55 Å². The largest absolute Gasteiger partial charge is 0.391 e. The third kappa shape index (κ3) is 2.42. The van der Waals surface area contributed by atoms with Crippen LogP contribution in [0.25, 0.3) is 11.0 Å². The number of rotatable bonds is 4. The molecule has 4 heteroatoms. The van der Waals surface area contributed by atoms with Crippen molar-refractivity contribution < 1.29 is 5.11 Å². The molecule has 17 heavy (non-hydrogen) atoms. The van der Waals surface area contributed by atoms with Crippen LogP contribution in [-0.4, -0.2) is 27.3 Å². The number of para-hydroxylation sites is 2. The Balaban J connectivity index is 2.16. The normalized spacial score (nSPS) is 13.2. The molecule has 1 aromatic carbocycles. The molecule has 0 aliphatic carbocycles. The summed E-state index contributed by atoms with van der Waals surface area (Å²) < 4.78 is 2.00.